The van der Waals surface area contributed by atoms with Crippen molar-refractivity contribution in [3.8, 4) is 0 Å². The lowest BCUT2D eigenvalue weighted by Crippen LogP contribution is -2.30. The van der Waals surface area contributed by atoms with Crippen LogP contribution in [0.4, 0.5) is 0 Å². The summed E-state index contributed by atoms with van der Waals surface area (Å²) in [6.07, 6.45) is 87.8. The van der Waals surface area contributed by atoms with E-state index in [0.717, 1.165) is 103 Å². The molecule has 0 aliphatic carbocycles. The predicted octanol–water partition coefficient (Wildman–Crippen LogP) is 23.7. The molecule has 79 heavy (non-hydrogen) atoms. The van der Waals surface area contributed by atoms with Crippen LogP contribution in [0.15, 0.2) is 72.9 Å². The summed E-state index contributed by atoms with van der Waals surface area (Å²) in [7, 11) is 0. The standard InChI is InChI=1S/C73H130O6/c1-4-7-10-13-16-19-22-25-28-30-32-34-35-36-37-39-40-42-45-48-51-54-57-60-63-66-72(75)78-69-70(68-77-71(74)65-62-59-56-53-50-47-44-27-24-21-18-15-12-9-6-3)79-73(76)67-64-61-58-55-52-49-46-43-41-38-33-31-29-26-23-20-17-14-11-8-5-2/h9,12,18,21,23,26-27,30-33,44,70H,4-8,10-11,13-17,19-20,22,24-25,28-29,34-43,45-69H2,1-3H3/b12-9-,21-18-,26-23-,32-30-,33-31-,44-27-. The number of unbranched alkanes of at least 4 members (excludes halogenated alkanes) is 40. The second kappa shape index (κ2) is 67.4. The summed E-state index contributed by atoms with van der Waals surface area (Å²) in [5, 5.41) is 0. The Bertz CT molecular complexity index is 1450. The fraction of sp³-hybridized carbons (Fsp3) is 0.795. The van der Waals surface area contributed by atoms with Crippen molar-refractivity contribution in [1.29, 1.82) is 0 Å². The molecule has 0 amide bonds. The van der Waals surface area contributed by atoms with E-state index in [0.29, 0.717) is 19.3 Å². The Morgan fingerprint density at radius 2 is 0.494 bits per heavy atom. The van der Waals surface area contributed by atoms with E-state index in [-0.39, 0.29) is 31.1 Å². The van der Waals surface area contributed by atoms with Crippen LogP contribution in [0.3, 0.4) is 0 Å². The molecule has 0 aliphatic rings. The van der Waals surface area contributed by atoms with Gasteiger partial charge in [0.25, 0.3) is 0 Å². The molecule has 0 heterocycles. The van der Waals surface area contributed by atoms with Gasteiger partial charge in [0.2, 0.25) is 0 Å². The van der Waals surface area contributed by atoms with Gasteiger partial charge < -0.3 is 14.2 Å². The third-order valence-corrected chi connectivity index (χ3v) is 15.2. The average molecular weight is 1100 g/mol. The summed E-state index contributed by atoms with van der Waals surface area (Å²) in [6.45, 7) is 6.55. The van der Waals surface area contributed by atoms with Crippen molar-refractivity contribution in [3.63, 3.8) is 0 Å². The van der Waals surface area contributed by atoms with Gasteiger partial charge in [-0.05, 0) is 109 Å². The van der Waals surface area contributed by atoms with Crippen LogP contribution in [0.1, 0.15) is 355 Å². The van der Waals surface area contributed by atoms with Crippen molar-refractivity contribution in [3.05, 3.63) is 72.9 Å². The van der Waals surface area contributed by atoms with Gasteiger partial charge in [0, 0.05) is 19.3 Å². The monoisotopic (exact) mass is 1100 g/mol. The average Bonchev–Trinajstić information content (AvgIpc) is 3.45. The van der Waals surface area contributed by atoms with Gasteiger partial charge >= 0.3 is 17.9 Å². The summed E-state index contributed by atoms with van der Waals surface area (Å²) >= 11 is 0. The third kappa shape index (κ3) is 65.5. The molecule has 0 aliphatic heterocycles. The van der Waals surface area contributed by atoms with Crippen molar-refractivity contribution in [2.75, 3.05) is 13.2 Å². The molecule has 1 atom stereocenters. The molecule has 0 N–H and O–H groups in total. The van der Waals surface area contributed by atoms with Crippen LogP contribution < -0.4 is 0 Å². The maximum atomic E-state index is 12.9. The number of ether oxygens (including phenoxy) is 3. The summed E-state index contributed by atoms with van der Waals surface area (Å²) in [6, 6.07) is 0. The lowest BCUT2D eigenvalue weighted by atomic mass is 10.0. The number of carbonyl (C=O) groups excluding carboxylic acids is 3. The van der Waals surface area contributed by atoms with Crippen LogP contribution in [0, 0.1) is 0 Å². The van der Waals surface area contributed by atoms with Gasteiger partial charge in [-0.25, -0.2) is 0 Å². The fourth-order valence-corrected chi connectivity index (χ4v) is 10.0. The molecule has 0 aromatic carbocycles. The molecule has 458 valence electrons. The number of rotatable bonds is 63. The van der Waals surface area contributed by atoms with E-state index in [4.69, 9.17) is 14.2 Å². The lowest BCUT2D eigenvalue weighted by Gasteiger charge is -2.18. The lowest BCUT2D eigenvalue weighted by molar-refractivity contribution is -0.167. The molecule has 0 rings (SSSR count). The summed E-state index contributed by atoms with van der Waals surface area (Å²) < 4.78 is 17.0. The highest BCUT2D eigenvalue weighted by atomic mass is 16.6. The van der Waals surface area contributed by atoms with E-state index in [9.17, 15) is 14.4 Å². The minimum atomic E-state index is -0.787. The zero-order valence-electron chi connectivity index (χ0n) is 52.6. The van der Waals surface area contributed by atoms with Gasteiger partial charge in [0.1, 0.15) is 13.2 Å². The second-order valence-corrected chi connectivity index (χ2v) is 23.1. The molecule has 0 spiro atoms. The largest absolute Gasteiger partial charge is 0.462 e. The first-order chi connectivity index (χ1) is 39.0. The van der Waals surface area contributed by atoms with E-state index >= 15 is 0 Å². The molecule has 0 saturated carbocycles. The zero-order valence-corrected chi connectivity index (χ0v) is 52.6. The maximum Gasteiger partial charge on any atom is 0.306 e. The van der Waals surface area contributed by atoms with E-state index in [1.54, 1.807) is 0 Å². The van der Waals surface area contributed by atoms with E-state index in [1.165, 1.54) is 212 Å². The van der Waals surface area contributed by atoms with Gasteiger partial charge in [-0.15, -0.1) is 0 Å². The van der Waals surface area contributed by atoms with Gasteiger partial charge in [-0.2, -0.15) is 0 Å². The number of allylic oxidation sites excluding steroid dienone is 12. The minimum Gasteiger partial charge on any atom is -0.462 e. The normalized spacial score (nSPS) is 12.5. The van der Waals surface area contributed by atoms with Gasteiger partial charge in [0.05, 0.1) is 0 Å². The van der Waals surface area contributed by atoms with Gasteiger partial charge in [-0.3, -0.25) is 14.4 Å². The van der Waals surface area contributed by atoms with E-state index in [1.807, 2.05) is 0 Å². The van der Waals surface area contributed by atoms with Crippen molar-refractivity contribution in [2.24, 2.45) is 0 Å². The van der Waals surface area contributed by atoms with Crippen LogP contribution in [-0.4, -0.2) is 37.2 Å². The first-order valence-corrected chi connectivity index (χ1v) is 34.4. The SMILES string of the molecule is CC/C=C\C/C=C\C/C=C\CCCCCCCC(=O)OCC(COC(=O)CCCCCCCCCCCCCCC/C=C\CCCCCCCCCC)OC(=O)CCCCCCCCCCC/C=C\C/C=C\CCCCCCC. The molecule has 0 saturated heterocycles. The zero-order chi connectivity index (χ0) is 57.1. The molecular formula is C73H130O6. The Morgan fingerprint density at radius 1 is 0.266 bits per heavy atom. The van der Waals surface area contributed by atoms with E-state index < -0.39 is 6.10 Å². The van der Waals surface area contributed by atoms with Gasteiger partial charge in [0.15, 0.2) is 6.10 Å². The summed E-state index contributed by atoms with van der Waals surface area (Å²) in [4.78, 5) is 38.4. The van der Waals surface area contributed by atoms with Crippen LogP contribution in [0.2, 0.25) is 0 Å². The molecule has 6 heteroatoms. The van der Waals surface area contributed by atoms with Crippen molar-refractivity contribution in [1.82, 2.24) is 0 Å². The number of carbonyl (C=O) groups is 3. The minimum absolute atomic E-state index is 0.0807. The first kappa shape index (κ1) is 75.8. The molecular weight excluding hydrogens is 973 g/mol. The topological polar surface area (TPSA) is 78.9 Å². The van der Waals surface area contributed by atoms with Crippen molar-refractivity contribution < 1.29 is 28.6 Å². The molecule has 0 aromatic rings. The number of esters is 3. The van der Waals surface area contributed by atoms with Crippen LogP contribution >= 0.6 is 0 Å². The fourth-order valence-electron chi connectivity index (χ4n) is 10.0. The summed E-state index contributed by atoms with van der Waals surface area (Å²) in [5.41, 5.74) is 0. The Morgan fingerprint density at radius 3 is 0.785 bits per heavy atom. The predicted molar refractivity (Wildman–Crippen MR) is 344 cm³/mol. The molecule has 0 fully saturated rings. The third-order valence-electron chi connectivity index (χ3n) is 15.2. The van der Waals surface area contributed by atoms with Crippen LogP contribution in [0.25, 0.3) is 0 Å². The van der Waals surface area contributed by atoms with E-state index in [2.05, 4.69) is 93.7 Å². The highest BCUT2D eigenvalue weighted by Gasteiger charge is 2.19. The van der Waals surface area contributed by atoms with Crippen LogP contribution in [0.5, 0.6) is 0 Å². The van der Waals surface area contributed by atoms with Crippen molar-refractivity contribution in [2.45, 2.75) is 361 Å². The summed E-state index contributed by atoms with van der Waals surface area (Å²) in [5.74, 6) is -0.885. The smallest absolute Gasteiger partial charge is 0.306 e. The molecule has 0 bridgehead atoms. The second-order valence-electron chi connectivity index (χ2n) is 23.1. The Balaban J connectivity index is 4.32. The van der Waals surface area contributed by atoms with Crippen molar-refractivity contribution >= 4 is 17.9 Å². The Kier molecular flexibility index (Phi) is 64.7. The van der Waals surface area contributed by atoms with Crippen LogP contribution in [-0.2, 0) is 28.6 Å². The quantitative estimate of drug-likeness (QED) is 0.0261. The number of hydrogen-bond donors (Lipinski definition) is 0. The molecule has 1 unspecified atom stereocenters. The highest BCUT2D eigenvalue weighted by molar-refractivity contribution is 5.71. The molecule has 0 radical (unpaired) electrons. The maximum absolute atomic E-state index is 12.9. The van der Waals surface area contributed by atoms with Gasteiger partial charge in [-0.1, -0.05) is 299 Å². The molecule has 6 nitrogen and oxygen atoms in total. The Labute approximate surface area is 491 Å². The molecule has 0 aromatic heterocycles. The number of hydrogen-bond acceptors (Lipinski definition) is 6. The first-order valence-electron chi connectivity index (χ1n) is 34.4. The Hall–Kier alpha value is -3.15. The highest BCUT2D eigenvalue weighted by Crippen LogP contribution is 2.17.